The van der Waals surface area contributed by atoms with Gasteiger partial charge < -0.3 is 10.2 Å². The number of nitrogens with one attached hydrogen (secondary N) is 1. The predicted molar refractivity (Wildman–Crippen MR) is 100 cm³/mol. The van der Waals surface area contributed by atoms with Gasteiger partial charge in [-0.3, -0.25) is 4.79 Å². The van der Waals surface area contributed by atoms with Gasteiger partial charge in [0.05, 0.1) is 11.5 Å². The van der Waals surface area contributed by atoms with E-state index in [1.165, 1.54) is 4.90 Å². The van der Waals surface area contributed by atoms with Crippen molar-refractivity contribution in [3.05, 3.63) is 47.3 Å². The average Bonchev–Trinajstić information content (AvgIpc) is 2.95. The molecule has 1 saturated heterocycles. The van der Waals surface area contributed by atoms with Crippen molar-refractivity contribution in [3.63, 3.8) is 0 Å². The standard InChI is InChI=1S/C18H22N4O3S/c1-12-4-6-14(7-5-12)20-18-19-13(2)10-16(21-18)17(23)22(3)15-8-9-26(24,25)11-15/h4-7,10,15H,8-9,11H2,1-3H3,(H,19,20,21). The zero-order chi connectivity index (χ0) is 18.9. The van der Waals surface area contributed by atoms with Gasteiger partial charge in [-0.2, -0.15) is 0 Å². The van der Waals surface area contributed by atoms with Crippen LogP contribution in [0.1, 0.15) is 28.2 Å². The van der Waals surface area contributed by atoms with Gasteiger partial charge >= 0.3 is 0 Å². The van der Waals surface area contributed by atoms with Crippen LogP contribution >= 0.6 is 0 Å². The summed E-state index contributed by atoms with van der Waals surface area (Å²) in [7, 11) is -1.43. The second-order valence-electron chi connectivity index (χ2n) is 6.68. The molecule has 1 atom stereocenters. The first-order chi connectivity index (χ1) is 12.2. The maximum Gasteiger partial charge on any atom is 0.272 e. The molecule has 1 fully saturated rings. The predicted octanol–water partition coefficient (Wildman–Crippen LogP) is 2.10. The molecule has 1 aliphatic heterocycles. The third-order valence-electron chi connectivity index (χ3n) is 4.46. The van der Waals surface area contributed by atoms with Crippen LogP contribution in [0.3, 0.4) is 0 Å². The molecule has 2 heterocycles. The summed E-state index contributed by atoms with van der Waals surface area (Å²) >= 11 is 0. The quantitative estimate of drug-likeness (QED) is 0.881. The number of carbonyl (C=O) groups excluding carboxylic acids is 1. The molecule has 1 aromatic heterocycles. The minimum Gasteiger partial charge on any atom is -0.336 e. The Hall–Kier alpha value is -2.48. The van der Waals surface area contributed by atoms with Crippen molar-refractivity contribution in [2.45, 2.75) is 26.3 Å². The van der Waals surface area contributed by atoms with Crippen LogP contribution in [0, 0.1) is 13.8 Å². The molecule has 26 heavy (non-hydrogen) atoms. The summed E-state index contributed by atoms with van der Waals surface area (Å²) in [5.41, 5.74) is 2.88. The van der Waals surface area contributed by atoms with Gasteiger partial charge in [-0.15, -0.1) is 0 Å². The molecular formula is C18H22N4O3S. The zero-order valence-electron chi connectivity index (χ0n) is 15.1. The number of carbonyl (C=O) groups is 1. The first-order valence-electron chi connectivity index (χ1n) is 8.40. The van der Waals surface area contributed by atoms with E-state index in [0.29, 0.717) is 18.1 Å². The van der Waals surface area contributed by atoms with E-state index in [1.807, 2.05) is 31.2 Å². The molecule has 0 bridgehead atoms. The van der Waals surface area contributed by atoms with Crippen LogP contribution in [-0.2, 0) is 9.84 Å². The van der Waals surface area contributed by atoms with E-state index in [0.717, 1.165) is 11.3 Å². The first kappa shape index (κ1) is 18.3. The van der Waals surface area contributed by atoms with Crippen LogP contribution in [0.4, 0.5) is 11.6 Å². The topological polar surface area (TPSA) is 92.3 Å². The molecule has 0 radical (unpaired) electrons. The lowest BCUT2D eigenvalue weighted by atomic mass is 10.2. The van der Waals surface area contributed by atoms with E-state index < -0.39 is 9.84 Å². The van der Waals surface area contributed by atoms with Gasteiger partial charge in [0.2, 0.25) is 5.95 Å². The second-order valence-corrected chi connectivity index (χ2v) is 8.91. The fraction of sp³-hybridized carbons (Fsp3) is 0.389. The molecule has 138 valence electrons. The maximum absolute atomic E-state index is 12.8. The van der Waals surface area contributed by atoms with Crippen LogP contribution in [0.5, 0.6) is 0 Å². The zero-order valence-corrected chi connectivity index (χ0v) is 15.9. The smallest absolute Gasteiger partial charge is 0.272 e. The van der Waals surface area contributed by atoms with Gasteiger partial charge in [-0.25, -0.2) is 18.4 Å². The summed E-state index contributed by atoms with van der Waals surface area (Å²) in [6, 6.07) is 9.08. The number of nitrogens with zero attached hydrogens (tertiary/aromatic N) is 3. The molecule has 8 heteroatoms. The van der Waals surface area contributed by atoms with Gasteiger partial charge in [0.1, 0.15) is 5.69 Å². The van der Waals surface area contributed by atoms with Crippen molar-refractivity contribution < 1.29 is 13.2 Å². The summed E-state index contributed by atoms with van der Waals surface area (Å²) < 4.78 is 23.3. The number of aromatic nitrogens is 2. The highest BCUT2D eigenvalue weighted by atomic mass is 32.2. The number of sulfone groups is 1. The molecule has 2 aromatic rings. The fourth-order valence-corrected chi connectivity index (χ4v) is 4.70. The van der Waals surface area contributed by atoms with Crippen molar-refractivity contribution in [2.75, 3.05) is 23.9 Å². The highest BCUT2D eigenvalue weighted by molar-refractivity contribution is 7.91. The van der Waals surface area contributed by atoms with E-state index in [9.17, 15) is 13.2 Å². The Morgan fingerprint density at radius 3 is 2.50 bits per heavy atom. The first-order valence-corrected chi connectivity index (χ1v) is 10.2. The number of rotatable bonds is 4. The van der Waals surface area contributed by atoms with Gasteiger partial charge in [0.25, 0.3) is 5.91 Å². The third-order valence-corrected chi connectivity index (χ3v) is 6.21. The Balaban J connectivity index is 1.80. The normalized spacial score (nSPS) is 18.5. The van der Waals surface area contributed by atoms with Crippen molar-refractivity contribution in [1.82, 2.24) is 14.9 Å². The van der Waals surface area contributed by atoms with Crippen molar-refractivity contribution in [2.24, 2.45) is 0 Å². The maximum atomic E-state index is 12.8. The molecule has 1 N–H and O–H groups in total. The van der Waals surface area contributed by atoms with Crippen molar-refractivity contribution in [3.8, 4) is 0 Å². The summed E-state index contributed by atoms with van der Waals surface area (Å²) in [5, 5.41) is 3.10. The summed E-state index contributed by atoms with van der Waals surface area (Å²) in [6.45, 7) is 3.79. The van der Waals surface area contributed by atoms with Crippen molar-refractivity contribution >= 4 is 27.4 Å². The summed E-state index contributed by atoms with van der Waals surface area (Å²) in [5.74, 6) is 0.167. The monoisotopic (exact) mass is 374 g/mol. The lowest BCUT2D eigenvalue weighted by Gasteiger charge is -2.23. The molecule has 1 unspecified atom stereocenters. The molecule has 3 rings (SSSR count). The lowest BCUT2D eigenvalue weighted by Crippen LogP contribution is -2.38. The molecule has 0 saturated carbocycles. The number of benzene rings is 1. The molecule has 0 aliphatic carbocycles. The van der Waals surface area contributed by atoms with Crippen LogP contribution in [0.15, 0.2) is 30.3 Å². The summed E-state index contributed by atoms with van der Waals surface area (Å²) in [6.07, 6.45) is 0.461. The molecule has 1 amide bonds. The van der Waals surface area contributed by atoms with Gasteiger partial charge in [0, 0.05) is 24.5 Å². The van der Waals surface area contributed by atoms with Crippen LogP contribution < -0.4 is 5.32 Å². The van der Waals surface area contributed by atoms with Gasteiger partial charge in [0.15, 0.2) is 9.84 Å². The van der Waals surface area contributed by atoms with E-state index in [-0.39, 0.29) is 29.1 Å². The molecule has 7 nitrogen and oxygen atoms in total. The minimum atomic E-state index is -3.06. The molecular weight excluding hydrogens is 352 g/mol. The number of hydrogen-bond acceptors (Lipinski definition) is 6. The van der Waals surface area contributed by atoms with Gasteiger partial charge in [-0.05, 0) is 38.5 Å². The SMILES string of the molecule is Cc1ccc(Nc2nc(C)cc(C(=O)N(C)C3CCS(=O)(=O)C3)n2)cc1. The Morgan fingerprint density at radius 1 is 1.19 bits per heavy atom. The highest BCUT2D eigenvalue weighted by Gasteiger charge is 2.33. The number of aryl methyl sites for hydroxylation is 2. The minimum absolute atomic E-state index is 0.00772. The van der Waals surface area contributed by atoms with Gasteiger partial charge in [-0.1, -0.05) is 17.7 Å². The number of anilines is 2. The Bertz CT molecular complexity index is 926. The Labute approximate surface area is 153 Å². The highest BCUT2D eigenvalue weighted by Crippen LogP contribution is 2.19. The van der Waals surface area contributed by atoms with Crippen LogP contribution in [-0.4, -0.2) is 53.8 Å². The molecule has 0 spiro atoms. The van der Waals surface area contributed by atoms with E-state index >= 15 is 0 Å². The second kappa shape index (κ2) is 7.03. The molecule has 1 aliphatic rings. The number of amides is 1. The van der Waals surface area contributed by atoms with Crippen LogP contribution in [0.2, 0.25) is 0 Å². The van der Waals surface area contributed by atoms with Crippen molar-refractivity contribution in [1.29, 1.82) is 0 Å². The number of hydrogen-bond donors (Lipinski definition) is 1. The largest absolute Gasteiger partial charge is 0.336 e. The average molecular weight is 374 g/mol. The van der Waals surface area contributed by atoms with E-state index in [1.54, 1.807) is 20.0 Å². The third kappa shape index (κ3) is 4.19. The Morgan fingerprint density at radius 2 is 1.88 bits per heavy atom. The summed E-state index contributed by atoms with van der Waals surface area (Å²) in [4.78, 5) is 22.9. The van der Waals surface area contributed by atoms with E-state index in [2.05, 4.69) is 15.3 Å². The fourth-order valence-electron chi connectivity index (χ4n) is 2.93. The van der Waals surface area contributed by atoms with Crippen LogP contribution in [0.25, 0.3) is 0 Å². The molecule has 1 aromatic carbocycles. The Kier molecular flexibility index (Phi) is 4.95. The van der Waals surface area contributed by atoms with E-state index in [4.69, 9.17) is 0 Å². The lowest BCUT2D eigenvalue weighted by molar-refractivity contribution is 0.0741.